The van der Waals surface area contributed by atoms with Gasteiger partial charge in [-0.1, -0.05) is 17.2 Å². The Morgan fingerprint density at radius 2 is 1.66 bits per heavy atom. The number of aryl methyl sites for hydroxylation is 2. The number of esters is 2. The lowest BCUT2D eigenvalue weighted by molar-refractivity contribution is -0.154. The van der Waals surface area contributed by atoms with Gasteiger partial charge in [0.2, 0.25) is 0 Å². The number of hydrogen-bond acceptors (Lipinski definition) is 6. The second-order valence-corrected chi connectivity index (χ2v) is 7.13. The average molecular weight is 404 g/mol. The molecule has 0 aromatic heterocycles. The van der Waals surface area contributed by atoms with Gasteiger partial charge in [-0.2, -0.15) is 0 Å². The van der Waals surface area contributed by atoms with Crippen LogP contribution in [0, 0.1) is 19.8 Å². The third-order valence-corrected chi connectivity index (χ3v) is 4.70. The number of carbonyl (C=O) groups excluding carboxylic acids is 4. The number of piperidine rings is 1. The van der Waals surface area contributed by atoms with Crippen LogP contribution in [-0.2, 0) is 23.9 Å². The van der Waals surface area contributed by atoms with Gasteiger partial charge in [0, 0.05) is 18.7 Å². The smallest absolute Gasteiger partial charge is 0.325 e. The van der Waals surface area contributed by atoms with Crippen molar-refractivity contribution in [1.82, 2.24) is 10.2 Å². The van der Waals surface area contributed by atoms with Crippen molar-refractivity contribution in [2.24, 2.45) is 5.92 Å². The van der Waals surface area contributed by atoms with Crippen molar-refractivity contribution >= 4 is 23.8 Å². The number of rotatable bonds is 7. The fourth-order valence-electron chi connectivity index (χ4n) is 3.27. The van der Waals surface area contributed by atoms with Crippen molar-refractivity contribution in [3.05, 3.63) is 34.9 Å². The number of ether oxygens (including phenoxy) is 2. The minimum Gasteiger partial charge on any atom is -0.466 e. The number of nitrogens with zero attached hydrogens (tertiary/aromatic N) is 1. The van der Waals surface area contributed by atoms with Gasteiger partial charge in [-0.25, -0.2) is 0 Å². The first-order chi connectivity index (χ1) is 13.8. The Morgan fingerprint density at radius 3 is 2.24 bits per heavy atom. The standard InChI is InChI=1S/C21H28N2O6/c1-4-28-21(27)16-5-7-23(8-6-16)18(24)13-29-19(25)12-22-20(26)17-10-14(2)9-15(3)11-17/h9-11,16H,4-8,12-13H2,1-3H3,(H,22,26). The summed E-state index contributed by atoms with van der Waals surface area (Å²) in [5.41, 5.74) is 2.38. The number of amides is 2. The molecule has 1 heterocycles. The average Bonchev–Trinajstić information content (AvgIpc) is 2.69. The quantitative estimate of drug-likeness (QED) is 0.689. The molecule has 8 heteroatoms. The fourth-order valence-corrected chi connectivity index (χ4v) is 3.27. The first-order valence-corrected chi connectivity index (χ1v) is 9.76. The molecule has 1 saturated heterocycles. The van der Waals surface area contributed by atoms with Crippen LogP contribution in [0.4, 0.5) is 0 Å². The van der Waals surface area contributed by atoms with Gasteiger partial charge < -0.3 is 19.7 Å². The summed E-state index contributed by atoms with van der Waals surface area (Å²) in [7, 11) is 0. The third kappa shape index (κ3) is 6.89. The molecule has 0 saturated carbocycles. The van der Waals surface area contributed by atoms with Crippen molar-refractivity contribution in [1.29, 1.82) is 0 Å². The number of nitrogens with one attached hydrogen (secondary N) is 1. The normalized spacial score (nSPS) is 14.2. The maximum Gasteiger partial charge on any atom is 0.325 e. The predicted octanol–water partition coefficient (Wildman–Crippen LogP) is 1.38. The molecule has 1 aromatic carbocycles. The minimum atomic E-state index is -0.683. The lowest BCUT2D eigenvalue weighted by atomic mass is 9.97. The molecule has 0 spiro atoms. The van der Waals surface area contributed by atoms with Crippen LogP contribution in [0.1, 0.15) is 41.3 Å². The van der Waals surface area contributed by atoms with E-state index in [1.165, 1.54) is 0 Å². The molecule has 2 amide bonds. The first-order valence-electron chi connectivity index (χ1n) is 9.76. The van der Waals surface area contributed by atoms with Crippen molar-refractivity contribution in [2.75, 3.05) is 32.8 Å². The molecular formula is C21H28N2O6. The van der Waals surface area contributed by atoms with E-state index in [2.05, 4.69) is 5.32 Å². The number of carbonyl (C=O) groups is 4. The van der Waals surface area contributed by atoms with Crippen LogP contribution in [0.2, 0.25) is 0 Å². The summed E-state index contributed by atoms with van der Waals surface area (Å²) in [6, 6.07) is 5.42. The fraction of sp³-hybridized carbons (Fsp3) is 0.524. The SMILES string of the molecule is CCOC(=O)C1CCN(C(=O)COC(=O)CNC(=O)c2cc(C)cc(C)c2)CC1. The molecule has 8 nitrogen and oxygen atoms in total. The predicted molar refractivity (Wildman–Crippen MR) is 105 cm³/mol. The molecule has 1 N–H and O–H groups in total. The van der Waals surface area contributed by atoms with E-state index in [1.807, 2.05) is 19.9 Å². The van der Waals surface area contributed by atoms with Crippen LogP contribution >= 0.6 is 0 Å². The van der Waals surface area contributed by atoms with Crippen LogP contribution in [-0.4, -0.2) is 61.5 Å². The van der Waals surface area contributed by atoms with Crippen molar-refractivity contribution in [3.63, 3.8) is 0 Å². The van der Waals surface area contributed by atoms with Crippen LogP contribution in [0.3, 0.4) is 0 Å². The highest BCUT2D eigenvalue weighted by molar-refractivity contribution is 5.96. The highest BCUT2D eigenvalue weighted by Gasteiger charge is 2.28. The summed E-state index contributed by atoms with van der Waals surface area (Å²) in [5.74, 6) is -1.80. The second kappa shape index (κ2) is 10.6. The summed E-state index contributed by atoms with van der Waals surface area (Å²) in [4.78, 5) is 49.5. The highest BCUT2D eigenvalue weighted by atomic mass is 16.5. The minimum absolute atomic E-state index is 0.193. The lowest BCUT2D eigenvalue weighted by Gasteiger charge is -2.30. The number of benzene rings is 1. The van der Waals surface area contributed by atoms with E-state index in [0.717, 1.165) is 11.1 Å². The van der Waals surface area contributed by atoms with E-state index in [1.54, 1.807) is 24.0 Å². The van der Waals surface area contributed by atoms with E-state index >= 15 is 0 Å². The summed E-state index contributed by atoms with van der Waals surface area (Å²) in [6.07, 6.45) is 1.06. The van der Waals surface area contributed by atoms with Crippen LogP contribution in [0.15, 0.2) is 18.2 Å². The van der Waals surface area contributed by atoms with Gasteiger partial charge in [0.1, 0.15) is 6.54 Å². The Labute approximate surface area is 170 Å². The van der Waals surface area contributed by atoms with E-state index in [0.29, 0.717) is 38.1 Å². The van der Waals surface area contributed by atoms with Crippen LogP contribution < -0.4 is 5.32 Å². The van der Waals surface area contributed by atoms with Crippen molar-refractivity contribution in [3.8, 4) is 0 Å². The second-order valence-electron chi connectivity index (χ2n) is 7.13. The van der Waals surface area contributed by atoms with Crippen molar-refractivity contribution in [2.45, 2.75) is 33.6 Å². The highest BCUT2D eigenvalue weighted by Crippen LogP contribution is 2.18. The molecule has 1 aliphatic rings. The monoisotopic (exact) mass is 404 g/mol. The van der Waals surface area contributed by atoms with Gasteiger partial charge >= 0.3 is 11.9 Å². The Kier molecular flexibility index (Phi) is 8.18. The molecule has 1 aromatic rings. The molecule has 0 unspecified atom stereocenters. The van der Waals surface area contributed by atoms with Crippen LogP contribution in [0.25, 0.3) is 0 Å². The lowest BCUT2D eigenvalue weighted by Crippen LogP contribution is -2.43. The largest absolute Gasteiger partial charge is 0.466 e. The topological polar surface area (TPSA) is 102 Å². The molecule has 0 aliphatic carbocycles. The molecule has 2 rings (SSSR count). The molecule has 29 heavy (non-hydrogen) atoms. The van der Waals surface area contributed by atoms with E-state index in [9.17, 15) is 19.2 Å². The molecule has 1 aliphatic heterocycles. The summed E-state index contributed by atoms with van der Waals surface area (Å²) < 4.78 is 9.97. The molecule has 1 fully saturated rings. The van der Waals surface area contributed by atoms with E-state index < -0.39 is 5.97 Å². The zero-order chi connectivity index (χ0) is 21.4. The van der Waals surface area contributed by atoms with E-state index in [-0.39, 0.29) is 36.9 Å². The van der Waals surface area contributed by atoms with Gasteiger partial charge in [0.25, 0.3) is 11.8 Å². The molecular weight excluding hydrogens is 376 g/mol. The number of hydrogen-bond donors (Lipinski definition) is 1. The van der Waals surface area contributed by atoms with Gasteiger partial charge in [-0.05, 0) is 45.7 Å². The maximum atomic E-state index is 12.2. The summed E-state index contributed by atoms with van der Waals surface area (Å²) in [5, 5.41) is 2.50. The van der Waals surface area contributed by atoms with Gasteiger partial charge in [0.15, 0.2) is 6.61 Å². The zero-order valence-corrected chi connectivity index (χ0v) is 17.2. The summed E-state index contributed by atoms with van der Waals surface area (Å²) >= 11 is 0. The van der Waals surface area contributed by atoms with Gasteiger partial charge in [-0.15, -0.1) is 0 Å². The Hall–Kier alpha value is -2.90. The maximum absolute atomic E-state index is 12.2. The van der Waals surface area contributed by atoms with Crippen LogP contribution in [0.5, 0.6) is 0 Å². The molecule has 0 radical (unpaired) electrons. The Bertz CT molecular complexity index is 748. The zero-order valence-electron chi connectivity index (χ0n) is 17.2. The molecule has 0 atom stereocenters. The Morgan fingerprint density at radius 1 is 1.03 bits per heavy atom. The molecule has 158 valence electrons. The van der Waals surface area contributed by atoms with Gasteiger partial charge in [-0.3, -0.25) is 19.2 Å². The summed E-state index contributed by atoms with van der Waals surface area (Å²) in [6.45, 7) is 6.01. The molecule has 0 bridgehead atoms. The van der Waals surface area contributed by atoms with Crippen molar-refractivity contribution < 1.29 is 28.7 Å². The Balaban J connectivity index is 1.70. The third-order valence-electron chi connectivity index (χ3n) is 4.70. The van der Waals surface area contributed by atoms with Gasteiger partial charge in [0.05, 0.1) is 12.5 Å². The number of likely N-dealkylation sites (tertiary alicyclic amines) is 1. The first kappa shape index (κ1) is 22.4. The van der Waals surface area contributed by atoms with E-state index in [4.69, 9.17) is 9.47 Å².